The molecule has 2 aromatic carbocycles. The van der Waals surface area contributed by atoms with E-state index in [4.69, 9.17) is 0 Å². The van der Waals surface area contributed by atoms with Crippen molar-refractivity contribution in [2.45, 2.75) is 32.7 Å². The van der Waals surface area contributed by atoms with Crippen molar-refractivity contribution in [1.82, 2.24) is 9.97 Å². The van der Waals surface area contributed by atoms with Crippen molar-refractivity contribution in [1.29, 1.82) is 0 Å². The van der Waals surface area contributed by atoms with Gasteiger partial charge in [-0.2, -0.15) is 0 Å². The number of benzene rings is 2. The third-order valence-electron chi connectivity index (χ3n) is 4.97. The summed E-state index contributed by atoms with van der Waals surface area (Å²) in [6.07, 6.45) is 4.99. The molecule has 27 heavy (non-hydrogen) atoms. The van der Waals surface area contributed by atoms with E-state index in [1.807, 2.05) is 41.3 Å². The molecule has 1 aromatic heterocycles. The van der Waals surface area contributed by atoms with Gasteiger partial charge in [0.05, 0.1) is 5.56 Å². The molecule has 1 unspecified atom stereocenters. The molecule has 0 radical (unpaired) electrons. The molecule has 0 saturated carbocycles. The quantitative estimate of drug-likeness (QED) is 0.752. The Morgan fingerprint density at radius 2 is 1.81 bits per heavy atom. The summed E-state index contributed by atoms with van der Waals surface area (Å²) in [5.41, 5.74) is 4.86. The average molecular weight is 358 g/mol. The minimum atomic E-state index is -0.0621. The molecule has 136 valence electrons. The Labute approximate surface area is 159 Å². The van der Waals surface area contributed by atoms with Crippen LogP contribution in [-0.4, -0.2) is 21.9 Å². The van der Waals surface area contributed by atoms with Crippen molar-refractivity contribution >= 4 is 23.2 Å². The second-order valence-electron chi connectivity index (χ2n) is 6.79. The van der Waals surface area contributed by atoms with E-state index in [-0.39, 0.29) is 11.9 Å². The molecule has 0 fully saturated rings. The third kappa shape index (κ3) is 3.28. The number of nitrogens with zero attached hydrogens (tertiary/aromatic N) is 3. The summed E-state index contributed by atoms with van der Waals surface area (Å²) in [6.45, 7) is 4.18. The molecular weight excluding hydrogens is 336 g/mol. The number of rotatable bonds is 4. The number of para-hydroxylation sites is 2. The van der Waals surface area contributed by atoms with Crippen molar-refractivity contribution in [2.75, 3.05) is 10.2 Å². The van der Waals surface area contributed by atoms with Crippen LogP contribution in [0.5, 0.6) is 0 Å². The normalized spacial score (nSPS) is 15.5. The second-order valence-corrected chi connectivity index (χ2v) is 6.79. The molecule has 3 aromatic rings. The first kappa shape index (κ1) is 17.2. The summed E-state index contributed by atoms with van der Waals surface area (Å²) in [5, 5.41) is 3.24. The van der Waals surface area contributed by atoms with Crippen LogP contribution in [0.1, 0.15) is 35.3 Å². The van der Waals surface area contributed by atoms with Crippen LogP contribution in [-0.2, 0) is 12.8 Å². The van der Waals surface area contributed by atoms with E-state index in [0.717, 1.165) is 24.2 Å². The van der Waals surface area contributed by atoms with Crippen LogP contribution in [0.3, 0.4) is 0 Å². The molecular formula is C22H22N4O. The largest absolute Gasteiger partial charge is 0.324 e. The number of amides is 1. The van der Waals surface area contributed by atoms with Crippen LogP contribution in [0, 0.1) is 0 Å². The lowest BCUT2D eigenvalue weighted by molar-refractivity contribution is 0.0981. The molecule has 1 N–H and O–H groups in total. The Balaban J connectivity index is 1.55. The highest BCUT2D eigenvalue weighted by Gasteiger charge is 2.31. The highest BCUT2D eigenvalue weighted by Crippen LogP contribution is 2.33. The zero-order chi connectivity index (χ0) is 18.8. The standard InChI is InChI=1S/C22H22N4O/c1-3-16-8-4-6-10-19(16)25-22-23-13-18(14-24-22)21(27)26-15(2)12-17-9-5-7-11-20(17)26/h4-11,13-15H,3,12H2,1-2H3,(H,23,24,25). The maximum Gasteiger partial charge on any atom is 0.261 e. The molecule has 5 heteroatoms. The molecule has 5 nitrogen and oxygen atoms in total. The Morgan fingerprint density at radius 3 is 2.59 bits per heavy atom. The number of aromatic nitrogens is 2. The highest BCUT2D eigenvalue weighted by atomic mass is 16.2. The first-order valence-electron chi connectivity index (χ1n) is 9.26. The molecule has 0 saturated heterocycles. The lowest BCUT2D eigenvalue weighted by Gasteiger charge is -2.22. The summed E-state index contributed by atoms with van der Waals surface area (Å²) >= 11 is 0. The van der Waals surface area contributed by atoms with Gasteiger partial charge in [0.25, 0.3) is 5.91 Å². The number of carbonyl (C=O) groups excluding carboxylic acids is 1. The molecule has 4 rings (SSSR count). The Morgan fingerprint density at radius 1 is 1.11 bits per heavy atom. The Kier molecular flexibility index (Phi) is 4.59. The van der Waals surface area contributed by atoms with E-state index in [1.54, 1.807) is 12.4 Å². The molecule has 1 amide bonds. The Hall–Kier alpha value is -3.21. The summed E-state index contributed by atoms with van der Waals surface area (Å²) < 4.78 is 0. The molecule has 2 heterocycles. The number of aryl methyl sites for hydroxylation is 1. The summed E-state index contributed by atoms with van der Waals surface area (Å²) in [4.78, 5) is 23.6. The lowest BCUT2D eigenvalue weighted by Crippen LogP contribution is -2.35. The van der Waals surface area contributed by atoms with Gasteiger partial charge in [0.2, 0.25) is 5.95 Å². The first-order valence-corrected chi connectivity index (χ1v) is 9.26. The van der Waals surface area contributed by atoms with Crippen molar-refractivity contribution in [3.05, 3.63) is 77.6 Å². The van der Waals surface area contributed by atoms with Gasteiger partial charge in [0, 0.05) is 29.8 Å². The topological polar surface area (TPSA) is 58.1 Å². The van der Waals surface area contributed by atoms with Gasteiger partial charge in [-0.1, -0.05) is 43.3 Å². The van der Waals surface area contributed by atoms with Gasteiger partial charge in [-0.3, -0.25) is 4.79 Å². The van der Waals surface area contributed by atoms with Gasteiger partial charge in [-0.05, 0) is 43.0 Å². The van der Waals surface area contributed by atoms with Crippen molar-refractivity contribution in [2.24, 2.45) is 0 Å². The van der Waals surface area contributed by atoms with Crippen molar-refractivity contribution in [3.63, 3.8) is 0 Å². The predicted molar refractivity (Wildman–Crippen MR) is 108 cm³/mol. The first-order chi connectivity index (χ1) is 13.2. The maximum absolute atomic E-state index is 13.0. The maximum atomic E-state index is 13.0. The number of anilines is 3. The highest BCUT2D eigenvalue weighted by molar-refractivity contribution is 6.07. The van der Waals surface area contributed by atoms with Crippen LogP contribution in [0.2, 0.25) is 0 Å². The Bertz CT molecular complexity index is 968. The zero-order valence-corrected chi connectivity index (χ0v) is 15.5. The second kappa shape index (κ2) is 7.19. The number of hydrogen-bond donors (Lipinski definition) is 1. The van der Waals surface area contributed by atoms with Crippen LogP contribution < -0.4 is 10.2 Å². The molecule has 1 aliphatic heterocycles. The fraction of sp³-hybridized carbons (Fsp3) is 0.227. The van der Waals surface area contributed by atoms with Gasteiger partial charge in [0.1, 0.15) is 0 Å². The van der Waals surface area contributed by atoms with Gasteiger partial charge in [-0.15, -0.1) is 0 Å². The molecule has 0 aliphatic carbocycles. The van der Waals surface area contributed by atoms with Gasteiger partial charge in [-0.25, -0.2) is 9.97 Å². The number of nitrogens with one attached hydrogen (secondary N) is 1. The monoisotopic (exact) mass is 358 g/mol. The summed E-state index contributed by atoms with van der Waals surface area (Å²) in [7, 11) is 0. The number of carbonyl (C=O) groups is 1. The van der Waals surface area contributed by atoms with Crippen LogP contribution in [0.15, 0.2) is 60.9 Å². The lowest BCUT2D eigenvalue weighted by atomic mass is 10.1. The minimum Gasteiger partial charge on any atom is -0.324 e. The van der Waals surface area contributed by atoms with Crippen LogP contribution in [0.25, 0.3) is 0 Å². The predicted octanol–water partition coefficient (Wildman–Crippen LogP) is 4.37. The fourth-order valence-electron chi connectivity index (χ4n) is 3.59. The van der Waals surface area contributed by atoms with E-state index >= 15 is 0 Å². The van der Waals surface area contributed by atoms with Crippen molar-refractivity contribution < 1.29 is 4.79 Å². The molecule has 1 atom stereocenters. The smallest absolute Gasteiger partial charge is 0.261 e. The number of fused-ring (bicyclic) bond motifs is 1. The van der Waals surface area contributed by atoms with Gasteiger partial charge < -0.3 is 10.2 Å². The van der Waals surface area contributed by atoms with E-state index in [9.17, 15) is 4.79 Å². The van der Waals surface area contributed by atoms with E-state index < -0.39 is 0 Å². The minimum absolute atomic E-state index is 0.0621. The van der Waals surface area contributed by atoms with Crippen LogP contribution in [0.4, 0.5) is 17.3 Å². The molecule has 0 spiro atoms. The summed E-state index contributed by atoms with van der Waals surface area (Å²) in [6, 6.07) is 16.2. The van der Waals surface area contributed by atoms with Gasteiger partial charge >= 0.3 is 0 Å². The average Bonchev–Trinajstić information content (AvgIpc) is 3.04. The number of hydrogen-bond acceptors (Lipinski definition) is 4. The van der Waals surface area contributed by atoms with Gasteiger partial charge in [0.15, 0.2) is 0 Å². The SMILES string of the molecule is CCc1ccccc1Nc1ncc(C(=O)N2c3ccccc3CC2C)cn1. The fourth-order valence-corrected chi connectivity index (χ4v) is 3.59. The van der Waals surface area contributed by atoms with Crippen molar-refractivity contribution in [3.8, 4) is 0 Å². The van der Waals surface area contributed by atoms with E-state index in [1.165, 1.54) is 11.1 Å². The van der Waals surface area contributed by atoms with Crippen LogP contribution >= 0.6 is 0 Å². The molecule has 1 aliphatic rings. The molecule has 0 bridgehead atoms. The summed E-state index contributed by atoms with van der Waals surface area (Å²) in [5.74, 6) is 0.426. The van der Waals surface area contributed by atoms with E-state index in [2.05, 4.69) is 41.3 Å². The third-order valence-corrected chi connectivity index (χ3v) is 4.97. The van der Waals surface area contributed by atoms with E-state index in [0.29, 0.717) is 11.5 Å². The zero-order valence-electron chi connectivity index (χ0n) is 15.5.